The summed E-state index contributed by atoms with van der Waals surface area (Å²) in [5.41, 5.74) is 0. The molecule has 2 atom stereocenters. The van der Waals surface area contributed by atoms with Crippen molar-refractivity contribution in [3.63, 3.8) is 0 Å². The third-order valence-corrected chi connectivity index (χ3v) is 4.24. The minimum atomic E-state index is -3.43. The summed E-state index contributed by atoms with van der Waals surface area (Å²) >= 11 is 0. The van der Waals surface area contributed by atoms with Gasteiger partial charge in [-0.1, -0.05) is 12.8 Å². The van der Waals surface area contributed by atoms with Gasteiger partial charge >= 0.3 is 0 Å². The number of aliphatic hydroxyl groups excluding tert-OH is 1. The molecule has 1 saturated carbocycles. The molecule has 0 heterocycles. The van der Waals surface area contributed by atoms with Gasteiger partial charge in [-0.15, -0.1) is 0 Å². The summed E-state index contributed by atoms with van der Waals surface area (Å²) in [6.45, 7) is 3.61. The topological polar surface area (TPSA) is 78.4 Å². The molecule has 0 aliphatic heterocycles. The Bertz CT molecular complexity index is 303. The molecular weight excluding hydrogens is 228 g/mol. The lowest BCUT2D eigenvalue weighted by Gasteiger charge is -2.30. The van der Waals surface area contributed by atoms with Crippen LogP contribution in [-0.4, -0.2) is 32.2 Å². The van der Waals surface area contributed by atoms with E-state index < -0.39 is 10.2 Å². The van der Waals surface area contributed by atoms with Gasteiger partial charge in [0.25, 0.3) is 10.2 Å². The Kier molecular flexibility index (Phi) is 5.17. The number of hydrogen-bond donors (Lipinski definition) is 3. The average molecular weight is 250 g/mol. The van der Waals surface area contributed by atoms with E-state index in [9.17, 15) is 13.5 Å². The molecule has 0 aromatic rings. The van der Waals surface area contributed by atoms with Gasteiger partial charge in [0, 0.05) is 18.7 Å². The molecule has 16 heavy (non-hydrogen) atoms. The molecule has 0 saturated heterocycles. The molecule has 0 spiro atoms. The van der Waals surface area contributed by atoms with Gasteiger partial charge < -0.3 is 5.11 Å². The van der Waals surface area contributed by atoms with E-state index in [1.807, 2.05) is 0 Å². The molecule has 0 radical (unpaired) electrons. The van der Waals surface area contributed by atoms with Crippen LogP contribution in [0.2, 0.25) is 0 Å². The predicted octanol–water partition coefficient (Wildman–Crippen LogP) is 0.370. The molecule has 1 rings (SSSR count). The van der Waals surface area contributed by atoms with Gasteiger partial charge in [0.15, 0.2) is 0 Å². The van der Waals surface area contributed by atoms with Crippen molar-refractivity contribution in [3.05, 3.63) is 0 Å². The van der Waals surface area contributed by atoms with Crippen LogP contribution in [0.4, 0.5) is 0 Å². The minimum absolute atomic E-state index is 0.0505. The zero-order valence-corrected chi connectivity index (χ0v) is 10.8. The first-order chi connectivity index (χ1) is 7.44. The van der Waals surface area contributed by atoms with Crippen molar-refractivity contribution < 1.29 is 13.5 Å². The van der Waals surface area contributed by atoms with Gasteiger partial charge in [0.05, 0.1) is 0 Å². The first-order valence-corrected chi connectivity index (χ1v) is 7.33. The number of nitrogens with one attached hydrogen (secondary N) is 2. The number of rotatable bonds is 5. The maximum atomic E-state index is 11.7. The Hall–Kier alpha value is -0.170. The van der Waals surface area contributed by atoms with Crippen LogP contribution < -0.4 is 9.44 Å². The van der Waals surface area contributed by atoms with Crippen molar-refractivity contribution in [2.45, 2.75) is 51.6 Å². The van der Waals surface area contributed by atoms with E-state index in [0.717, 1.165) is 25.7 Å². The second-order valence-electron chi connectivity index (χ2n) is 4.73. The van der Waals surface area contributed by atoms with Crippen LogP contribution >= 0.6 is 0 Å². The Morgan fingerprint density at radius 2 is 1.94 bits per heavy atom. The van der Waals surface area contributed by atoms with Crippen LogP contribution in [0.15, 0.2) is 0 Å². The zero-order chi connectivity index (χ0) is 12.2. The molecule has 0 aromatic heterocycles. The lowest BCUT2D eigenvalue weighted by Crippen LogP contribution is -2.49. The van der Waals surface area contributed by atoms with Gasteiger partial charge in [0.1, 0.15) is 0 Å². The fourth-order valence-corrected chi connectivity index (χ4v) is 3.52. The van der Waals surface area contributed by atoms with Crippen molar-refractivity contribution in [1.29, 1.82) is 0 Å². The summed E-state index contributed by atoms with van der Waals surface area (Å²) in [6, 6.07) is -0.247. The molecule has 1 aliphatic carbocycles. The fourth-order valence-electron chi connectivity index (χ4n) is 2.12. The second-order valence-corrected chi connectivity index (χ2v) is 6.21. The summed E-state index contributed by atoms with van der Waals surface area (Å²) in [5, 5.41) is 9.18. The summed E-state index contributed by atoms with van der Waals surface area (Å²) in [7, 11) is -3.43. The van der Waals surface area contributed by atoms with Gasteiger partial charge in [-0.05, 0) is 32.6 Å². The monoisotopic (exact) mass is 250 g/mol. The molecule has 96 valence electrons. The minimum Gasteiger partial charge on any atom is -0.396 e. The van der Waals surface area contributed by atoms with Crippen LogP contribution in [0, 0.1) is 5.92 Å². The Morgan fingerprint density at radius 3 is 2.50 bits per heavy atom. The van der Waals surface area contributed by atoms with Crippen molar-refractivity contribution in [2.24, 2.45) is 5.92 Å². The van der Waals surface area contributed by atoms with E-state index in [4.69, 9.17) is 0 Å². The Morgan fingerprint density at radius 1 is 1.31 bits per heavy atom. The van der Waals surface area contributed by atoms with Crippen LogP contribution in [0.3, 0.4) is 0 Å². The average Bonchev–Trinajstić information content (AvgIpc) is 2.15. The maximum absolute atomic E-state index is 11.7. The highest BCUT2D eigenvalue weighted by molar-refractivity contribution is 7.87. The van der Waals surface area contributed by atoms with Crippen LogP contribution in [0.25, 0.3) is 0 Å². The predicted molar refractivity (Wildman–Crippen MR) is 63.2 cm³/mol. The van der Waals surface area contributed by atoms with E-state index in [2.05, 4.69) is 9.44 Å². The summed E-state index contributed by atoms with van der Waals surface area (Å²) in [6.07, 6.45) is 3.79. The SMILES string of the molecule is CC(C)NS(=O)(=O)NC1CCCCC1CO. The Balaban J connectivity index is 2.57. The van der Waals surface area contributed by atoms with Crippen molar-refractivity contribution >= 4 is 10.2 Å². The molecule has 5 nitrogen and oxygen atoms in total. The van der Waals surface area contributed by atoms with Crippen molar-refractivity contribution in [2.75, 3.05) is 6.61 Å². The summed E-state index contributed by atoms with van der Waals surface area (Å²) in [5.74, 6) is 0.0532. The number of aliphatic hydroxyl groups is 1. The van der Waals surface area contributed by atoms with E-state index in [-0.39, 0.29) is 24.6 Å². The lowest BCUT2D eigenvalue weighted by atomic mass is 9.86. The molecule has 1 fully saturated rings. The third-order valence-electron chi connectivity index (χ3n) is 2.84. The second kappa shape index (κ2) is 5.95. The fraction of sp³-hybridized carbons (Fsp3) is 1.00. The first kappa shape index (κ1) is 13.9. The highest BCUT2D eigenvalue weighted by Crippen LogP contribution is 2.24. The highest BCUT2D eigenvalue weighted by Gasteiger charge is 2.28. The van der Waals surface area contributed by atoms with Crippen LogP contribution in [0.5, 0.6) is 0 Å². The molecule has 0 amide bonds. The van der Waals surface area contributed by atoms with Gasteiger partial charge in [-0.2, -0.15) is 17.9 Å². The van der Waals surface area contributed by atoms with Crippen molar-refractivity contribution in [1.82, 2.24) is 9.44 Å². The van der Waals surface area contributed by atoms with Crippen LogP contribution in [-0.2, 0) is 10.2 Å². The zero-order valence-electron chi connectivity index (χ0n) is 9.94. The summed E-state index contributed by atoms with van der Waals surface area (Å²) in [4.78, 5) is 0. The lowest BCUT2D eigenvalue weighted by molar-refractivity contribution is 0.164. The third kappa shape index (κ3) is 4.37. The molecule has 3 N–H and O–H groups in total. The van der Waals surface area contributed by atoms with Gasteiger partial charge in [0.2, 0.25) is 0 Å². The molecule has 2 unspecified atom stereocenters. The quantitative estimate of drug-likeness (QED) is 0.659. The largest absolute Gasteiger partial charge is 0.396 e. The normalized spacial score (nSPS) is 27.2. The highest BCUT2D eigenvalue weighted by atomic mass is 32.2. The molecule has 0 aromatic carbocycles. The van der Waals surface area contributed by atoms with E-state index in [1.165, 1.54) is 0 Å². The number of hydrogen-bond acceptors (Lipinski definition) is 3. The molecule has 6 heteroatoms. The molecule has 0 bridgehead atoms. The van der Waals surface area contributed by atoms with Crippen molar-refractivity contribution in [3.8, 4) is 0 Å². The molecular formula is C10H22N2O3S. The van der Waals surface area contributed by atoms with E-state index in [1.54, 1.807) is 13.8 Å². The Labute approximate surface area is 97.8 Å². The summed E-state index contributed by atoms with van der Waals surface area (Å²) < 4.78 is 28.5. The van der Waals surface area contributed by atoms with Crippen LogP contribution in [0.1, 0.15) is 39.5 Å². The van der Waals surface area contributed by atoms with Gasteiger partial charge in [-0.3, -0.25) is 0 Å². The molecule has 1 aliphatic rings. The standard InChI is InChI=1S/C10H22N2O3S/c1-8(2)11-16(14,15)12-10-6-4-3-5-9(10)7-13/h8-13H,3-7H2,1-2H3. The van der Waals surface area contributed by atoms with E-state index >= 15 is 0 Å². The maximum Gasteiger partial charge on any atom is 0.277 e. The van der Waals surface area contributed by atoms with E-state index in [0.29, 0.717) is 0 Å². The first-order valence-electron chi connectivity index (χ1n) is 5.85. The smallest absolute Gasteiger partial charge is 0.277 e. The van der Waals surface area contributed by atoms with Gasteiger partial charge in [-0.25, -0.2) is 0 Å².